The van der Waals surface area contributed by atoms with Crippen LogP contribution in [0.25, 0.3) is 98.1 Å². The second-order valence-electron chi connectivity index (χ2n) is 12.0. The SMILES string of the molecule is c1ccc2cc3c(cc2c1)oc1c(-c2c4ccccc4c(-c4cccc5c4ccc4ccccc45)c4ccccc24)cccc13. The van der Waals surface area contributed by atoms with Crippen LogP contribution in [0.1, 0.15) is 0 Å². The van der Waals surface area contributed by atoms with Gasteiger partial charge in [-0.15, -0.1) is 0 Å². The summed E-state index contributed by atoms with van der Waals surface area (Å²) in [5, 5.41) is 14.7. The largest absolute Gasteiger partial charge is 0.455 e. The Hall–Kier alpha value is -5.92. The molecule has 10 aromatic rings. The van der Waals surface area contributed by atoms with Gasteiger partial charge in [-0.2, -0.15) is 0 Å². The van der Waals surface area contributed by atoms with Gasteiger partial charge in [-0.05, 0) is 77.1 Å². The summed E-state index contributed by atoms with van der Waals surface area (Å²) in [5.74, 6) is 0. The van der Waals surface area contributed by atoms with Crippen molar-refractivity contribution >= 4 is 75.8 Å². The molecule has 0 radical (unpaired) electrons. The molecule has 0 aliphatic heterocycles. The van der Waals surface area contributed by atoms with Crippen LogP contribution >= 0.6 is 0 Å². The zero-order valence-electron chi connectivity index (χ0n) is 24.4. The van der Waals surface area contributed by atoms with Gasteiger partial charge < -0.3 is 4.42 Å². The lowest BCUT2D eigenvalue weighted by Gasteiger charge is -2.19. The van der Waals surface area contributed by atoms with E-state index in [1.165, 1.54) is 70.6 Å². The molecule has 208 valence electrons. The van der Waals surface area contributed by atoms with Gasteiger partial charge in [-0.1, -0.05) is 146 Å². The Kier molecular flexibility index (Phi) is 5.06. The first-order valence-corrected chi connectivity index (χ1v) is 15.5. The van der Waals surface area contributed by atoms with Crippen molar-refractivity contribution in [1.82, 2.24) is 0 Å². The van der Waals surface area contributed by atoms with Gasteiger partial charge in [0.25, 0.3) is 0 Å². The van der Waals surface area contributed by atoms with E-state index in [0.717, 1.165) is 27.5 Å². The highest BCUT2D eigenvalue weighted by molar-refractivity contribution is 6.27. The molecule has 1 nitrogen and oxygen atoms in total. The summed E-state index contributed by atoms with van der Waals surface area (Å²) in [6, 6.07) is 57.3. The Balaban J connectivity index is 1.33. The number of rotatable bonds is 2. The average molecular weight is 571 g/mol. The quantitative estimate of drug-likeness (QED) is 0.149. The fourth-order valence-corrected chi connectivity index (χ4v) is 7.65. The maximum absolute atomic E-state index is 6.76. The summed E-state index contributed by atoms with van der Waals surface area (Å²) in [4.78, 5) is 0. The first kappa shape index (κ1) is 24.5. The number of fused-ring (bicyclic) bond motifs is 9. The number of hydrogen-bond donors (Lipinski definition) is 0. The van der Waals surface area contributed by atoms with E-state index in [1.807, 2.05) is 0 Å². The first-order valence-electron chi connectivity index (χ1n) is 15.5. The van der Waals surface area contributed by atoms with Crippen molar-refractivity contribution < 1.29 is 4.42 Å². The summed E-state index contributed by atoms with van der Waals surface area (Å²) in [7, 11) is 0. The van der Waals surface area contributed by atoms with Crippen molar-refractivity contribution in [1.29, 1.82) is 0 Å². The lowest BCUT2D eigenvalue weighted by Crippen LogP contribution is -1.92. The van der Waals surface area contributed by atoms with E-state index in [9.17, 15) is 0 Å². The third-order valence-electron chi connectivity index (χ3n) is 9.62. The zero-order chi connectivity index (χ0) is 29.5. The monoisotopic (exact) mass is 570 g/mol. The molecule has 0 aliphatic carbocycles. The highest BCUT2D eigenvalue weighted by atomic mass is 16.3. The van der Waals surface area contributed by atoms with Crippen molar-refractivity contribution in [2.24, 2.45) is 0 Å². The highest BCUT2D eigenvalue weighted by Gasteiger charge is 2.21. The lowest BCUT2D eigenvalue weighted by molar-refractivity contribution is 0.670. The Morgan fingerprint density at radius 1 is 0.289 bits per heavy atom. The third-order valence-corrected chi connectivity index (χ3v) is 9.62. The van der Waals surface area contributed by atoms with Crippen LogP contribution in [0.2, 0.25) is 0 Å². The van der Waals surface area contributed by atoms with Gasteiger partial charge in [0.15, 0.2) is 0 Å². The smallest absolute Gasteiger partial charge is 0.143 e. The van der Waals surface area contributed by atoms with E-state index in [1.54, 1.807) is 0 Å². The minimum Gasteiger partial charge on any atom is -0.455 e. The second kappa shape index (κ2) is 9.29. The average Bonchev–Trinajstić information content (AvgIpc) is 3.47. The van der Waals surface area contributed by atoms with E-state index < -0.39 is 0 Å². The zero-order valence-corrected chi connectivity index (χ0v) is 24.4. The standard InChI is InChI=1S/C44H26O/c1-2-13-29-26-41-40(25-28(29)12-1)38-21-10-22-39(44(38)45-41)43-36-17-7-5-15-34(36)42(35-16-6-8-18-37(35)43)33-20-9-19-31-30-14-4-3-11-27(30)23-24-32(31)33/h1-26H. The molecule has 0 saturated carbocycles. The molecule has 10 rings (SSSR count). The topological polar surface area (TPSA) is 13.1 Å². The second-order valence-corrected chi connectivity index (χ2v) is 12.0. The van der Waals surface area contributed by atoms with Crippen molar-refractivity contribution in [3.63, 3.8) is 0 Å². The van der Waals surface area contributed by atoms with E-state index in [2.05, 4.69) is 158 Å². The Bertz CT molecular complexity index is 2760. The van der Waals surface area contributed by atoms with Gasteiger partial charge in [-0.3, -0.25) is 0 Å². The third kappa shape index (κ3) is 3.50. The minimum atomic E-state index is 0.921. The molecular weight excluding hydrogens is 544 g/mol. The van der Waals surface area contributed by atoms with Crippen LogP contribution in [0.3, 0.4) is 0 Å². The molecule has 0 spiro atoms. The van der Waals surface area contributed by atoms with Crippen molar-refractivity contribution in [2.75, 3.05) is 0 Å². The summed E-state index contributed by atoms with van der Waals surface area (Å²) >= 11 is 0. The summed E-state index contributed by atoms with van der Waals surface area (Å²) in [6.07, 6.45) is 0. The Morgan fingerprint density at radius 2 is 0.800 bits per heavy atom. The van der Waals surface area contributed by atoms with Crippen LogP contribution in [0.4, 0.5) is 0 Å². The molecule has 0 amide bonds. The van der Waals surface area contributed by atoms with Gasteiger partial charge in [0.2, 0.25) is 0 Å². The molecule has 1 heteroatoms. The van der Waals surface area contributed by atoms with Crippen molar-refractivity contribution in [3.05, 3.63) is 158 Å². The van der Waals surface area contributed by atoms with Gasteiger partial charge in [0.1, 0.15) is 11.2 Å². The molecule has 0 bridgehead atoms. The van der Waals surface area contributed by atoms with Crippen LogP contribution < -0.4 is 0 Å². The molecule has 0 atom stereocenters. The lowest BCUT2D eigenvalue weighted by atomic mass is 9.84. The maximum atomic E-state index is 6.76. The Morgan fingerprint density at radius 3 is 1.49 bits per heavy atom. The molecule has 9 aromatic carbocycles. The molecule has 0 N–H and O–H groups in total. The predicted molar refractivity (Wildman–Crippen MR) is 192 cm³/mol. The van der Waals surface area contributed by atoms with Crippen molar-refractivity contribution in [3.8, 4) is 22.3 Å². The van der Waals surface area contributed by atoms with Crippen molar-refractivity contribution in [2.45, 2.75) is 0 Å². The van der Waals surface area contributed by atoms with Gasteiger partial charge in [0.05, 0.1) is 0 Å². The van der Waals surface area contributed by atoms with Gasteiger partial charge >= 0.3 is 0 Å². The van der Waals surface area contributed by atoms with Crippen LogP contribution in [0, 0.1) is 0 Å². The maximum Gasteiger partial charge on any atom is 0.143 e. The minimum absolute atomic E-state index is 0.921. The molecule has 0 unspecified atom stereocenters. The normalized spacial score (nSPS) is 12.0. The van der Waals surface area contributed by atoms with Crippen LogP contribution in [-0.4, -0.2) is 0 Å². The van der Waals surface area contributed by atoms with E-state index in [-0.39, 0.29) is 0 Å². The molecule has 0 aliphatic rings. The molecule has 45 heavy (non-hydrogen) atoms. The fourth-order valence-electron chi connectivity index (χ4n) is 7.65. The van der Waals surface area contributed by atoms with Crippen LogP contribution in [0.15, 0.2) is 162 Å². The van der Waals surface area contributed by atoms with Crippen LogP contribution in [-0.2, 0) is 0 Å². The highest BCUT2D eigenvalue weighted by Crippen LogP contribution is 2.48. The summed E-state index contributed by atoms with van der Waals surface area (Å²) in [5.41, 5.74) is 6.71. The first-order chi connectivity index (χ1) is 22.3. The molecule has 0 saturated heterocycles. The van der Waals surface area contributed by atoms with E-state index in [4.69, 9.17) is 4.42 Å². The number of para-hydroxylation sites is 1. The van der Waals surface area contributed by atoms with Gasteiger partial charge in [0, 0.05) is 21.9 Å². The summed E-state index contributed by atoms with van der Waals surface area (Å²) in [6.45, 7) is 0. The van der Waals surface area contributed by atoms with E-state index >= 15 is 0 Å². The number of hydrogen-bond acceptors (Lipinski definition) is 1. The fraction of sp³-hybridized carbons (Fsp3) is 0. The van der Waals surface area contributed by atoms with E-state index in [0.29, 0.717) is 0 Å². The van der Waals surface area contributed by atoms with Crippen LogP contribution in [0.5, 0.6) is 0 Å². The molecule has 0 fully saturated rings. The molecule has 1 aromatic heterocycles. The number of furan rings is 1. The Labute approximate surface area is 259 Å². The molecule has 1 heterocycles. The predicted octanol–water partition coefficient (Wildman–Crippen LogP) is 12.7. The van der Waals surface area contributed by atoms with Gasteiger partial charge in [-0.25, -0.2) is 0 Å². The number of benzene rings is 9. The molecular formula is C44H26O. The summed E-state index contributed by atoms with van der Waals surface area (Å²) < 4.78 is 6.76.